The number of anilines is 2. The molecule has 0 bridgehead atoms. The number of hydrogen-bond donors (Lipinski definition) is 4. The fourth-order valence-electron chi connectivity index (χ4n) is 2.54. The van der Waals surface area contributed by atoms with Gasteiger partial charge in [-0.1, -0.05) is 29.8 Å². The molecule has 0 saturated heterocycles. The summed E-state index contributed by atoms with van der Waals surface area (Å²) < 4.78 is 0. The molecule has 2 heterocycles. The van der Waals surface area contributed by atoms with Gasteiger partial charge in [0.1, 0.15) is 16.4 Å². The number of halogens is 1. The summed E-state index contributed by atoms with van der Waals surface area (Å²) in [6.07, 6.45) is -1.00. The van der Waals surface area contributed by atoms with Crippen LogP contribution in [-0.4, -0.2) is 27.2 Å². The zero-order valence-corrected chi connectivity index (χ0v) is 16.9. The first-order valence-corrected chi connectivity index (χ1v) is 9.72. The van der Waals surface area contributed by atoms with E-state index in [-0.39, 0.29) is 0 Å². The zero-order valence-electron chi connectivity index (χ0n) is 15.3. The van der Waals surface area contributed by atoms with Gasteiger partial charge in [0, 0.05) is 9.90 Å². The number of benzene rings is 1. The Bertz CT molecular complexity index is 1000. The summed E-state index contributed by atoms with van der Waals surface area (Å²) >= 11 is 7.29. The third-order valence-electron chi connectivity index (χ3n) is 4.45. The van der Waals surface area contributed by atoms with Crippen molar-refractivity contribution in [3.63, 3.8) is 0 Å². The molecule has 3 rings (SSSR count). The summed E-state index contributed by atoms with van der Waals surface area (Å²) in [6, 6.07) is 14.0. The second kappa shape index (κ2) is 7.89. The third kappa shape index (κ3) is 4.18. The van der Waals surface area contributed by atoms with Gasteiger partial charge >= 0.3 is 0 Å². The number of carbonyl (C=O) groups excluding carboxylic acids is 1. The van der Waals surface area contributed by atoms with Crippen LogP contribution in [0.3, 0.4) is 0 Å². The van der Waals surface area contributed by atoms with E-state index in [0.717, 1.165) is 10.4 Å². The number of aromatic nitrogens is 1. The van der Waals surface area contributed by atoms with Crippen LogP contribution in [0.4, 0.5) is 10.8 Å². The highest BCUT2D eigenvalue weighted by Crippen LogP contribution is 2.37. The molecule has 3 aromatic rings. The van der Waals surface area contributed by atoms with Crippen molar-refractivity contribution in [2.24, 2.45) is 5.73 Å². The van der Waals surface area contributed by atoms with E-state index < -0.39 is 17.6 Å². The maximum Gasteiger partial charge on any atom is 0.251 e. The highest BCUT2D eigenvalue weighted by molar-refractivity contribution is 7.19. The molecular weight excluding hydrogens is 398 g/mol. The average Bonchev–Trinajstić information content (AvgIpc) is 3.06. The molecule has 1 amide bonds. The quantitative estimate of drug-likeness (QED) is 0.486. The Labute approximate surface area is 171 Å². The van der Waals surface area contributed by atoms with Crippen molar-refractivity contribution in [1.29, 1.82) is 0 Å². The van der Waals surface area contributed by atoms with Crippen molar-refractivity contribution in [1.82, 2.24) is 4.98 Å². The molecule has 0 saturated carbocycles. The normalized spacial score (nSPS) is 14.3. The number of amides is 1. The highest BCUT2D eigenvalue weighted by atomic mass is 35.5. The Hall–Kier alpha value is -2.45. The van der Waals surface area contributed by atoms with Crippen LogP contribution in [0.5, 0.6) is 0 Å². The average molecular weight is 418 g/mol. The van der Waals surface area contributed by atoms with Crippen LogP contribution >= 0.6 is 22.9 Å². The van der Waals surface area contributed by atoms with E-state index in [9.17, 15) is 15.0 Å². The molecule has 6 nitrogen and oxygen atoms in total. The summed E-state index contributed by atoms with van der Waals surface area (Å²) in [5.74, 6) is -0.142. The van der Waals surface area contributed by atoms with Gasteiger partial charge in [0.25, 0.3) is 5.91 Å². The van der Waals surface area contributed by atoms with Crippen molar-refractivity contribution < 1.29 is 15.0 Å². The number of pyridine rings is 1. The van der Waals surface area contributed by atoms with Crippen LogP contribution in [-0.2, 0) is 5.60 Å². The summed E-state index contributed by atoms with van der Waals surface area (Å²) in [7, 11) is 0. The van der Waals surface area contributed by atoms with Crippen LogP contribution in [0, 0.1) is 0 Å². The fourth-order valence-corrected chi connectivity index (χ4v) is 3.74. The topological polar surface area (TPSA) is 108 Å². The van der Waals surface area contributed by atoms with E-state index >= 15 is 0 Å². The molecule has 0 fully saturated rings. The third-order valence-corrected chi connectivity index (χ3v) is 5.80. The van der Waals surface area contributed by atoms with Gasteiger partial charge in [-0.15, -0.1) is 11.3 Å². The van der Waals surface area contributed by atoms with E-state index in [1.54, 1.807) is 36.4 Å². The molecule has 8 heteroatoms. The predicted molar refractivity (Wildman–Crippen MR) is 112 cm³/mol. The number of carbonyl (C=O) groups is 1. The van der Waals surface area contributed by atoms with Gasteiger partial charge in [-0.3, -0.25) is 4.79 Å². The lowest BCUT2D eigenvalue weighted by Crippen LogP contribution is -2.35. The molecule has 2 atom stereocenters. The van der Waals surface area contributed by atoms with Gasteiger partial charge in [0.05, 0.1) is 17.4 Å². The maximum absolute atomic E-state index is 11.9. The number of nitrogens with one attached hydrogen (secondary N) is 1. The minimum atomic E-state index is -1.51. The molecule has 5 N–H and O–H groups in total. The van der Waals surface area contributed by atoms with Crippen molar-refractivity contribution in [2.75, 3.05) is 5.32 Å². The number of hydrogen-bond acceptors (Lipinski definition) is 6. The minimum Gasteiger partial charge on any atom is -0.390 e. The van der Waals surface area contributed by atoms with Gasteiger partial charge < -0.3 is 21.3 Å². The van der Waals surface area contributed by atoms with E-state index in [4.69, 9.17) is 17.3 Å². The van der Waals surface area contributed by atoms with E-state index in [0.29, 0.717) is 27.1 Å². The van der Waals surface area contributed by atoms with Crippen LogP contribution < -0.4 is 11.1 Å². The highest BCUT2D eigenvalue weighted by Gasteiger charge is 2.30. The molecule has 0 aliphatic heterocycles. The first kappa shape index (κ1) is 20.3. The molecule has 0 aliphatic rings. The Morgan fingerprint density at radius 1 is 1.29 bits per heavy atom. The SMILES string of the molecule is C[C@H](O)[C@@](C)(O)c1cccc(Nc2sc(-c3ccc(Cl)cc3)cc2C(N)=O)n1. The largest absolute Gasteiger partial charge is 0.390 e. The number of nitrogens with zero attached hydrogens (tertiary/aromatic N) is 1. The summed E-state index contributed by atoms with van der Waals surface area (Å²) in [5.41, 5.74) is 5.58. The molecule has 0 unspecified atom stereocenters. The first-order chi connectivity index (χ1) is 13.2. The Balaban J connectivity index is 1.96. The van der Waals surface area contributed by atoms with E-state index in [2.05, 4.69) is 10.3 Å². The number of thiophene rings is 1. The Morgan fingerprint density at radius 2 is 1.96 bits per heavy atom. The van der Waals surface area contributed by atoms with E-state index in [1.807, 2.05) is 12.1 Å². The van der Waals surface area contributed by atoms with Gasteiger partial charge in [0.15, 0.2) is 0 Å². The van der Waals surface area contributed by atoms with Crippen LogP contribution in [0.15, 0.2) is 48.5 Å². The number of aliphatic hydroxyl groups excluding tert-OH is 1. The smallest absolute Gasteiger partial charge is 0.251 e. The minimum absolute atomic E-state index is 0.308. The van der Waals surface area contributed by atoms with Crippen molar-refractivity contribution in [3.05, 3.63) is 64.8 Å². The second-order valence-corrected chi connectivity index (χ2v) is 8.07. The predicted octanol–water partition coefficient (Wildman–Crippen LogP) is 3.89. The number of nitrogens with two attached hydrogens (primary N) is 1. The van der Waals surface area contributed by atoms with E-state index in [1.165, 1.54) is 25.2 Å². The van der Waals surface area contributed by atoms with Crippen LogP contribution in [0.25, 0.3) is 10.4 Å². The lowest BCUT2D eigenvalue weighted by atomic mass is 9.96. The van der Waals surface area contributed by atoms with Crippen LogP contribution in [0.1, 0.15) is 29.9 Å². The van der Waals surface area contributed by atoms with Gasteiger partial charge in [-0.05, 0) is 49.7 Å². The molecule has 1 aromatic carbocycles. The zero-order chi connectivity index (χ0) is 20.5. The molecule has 28 heavy (non-hydrogen) atoms. The monoisotopic (exact) mass is 417 g/mol. The summed E-state index contributed by atoms with van der Waals surface area (Å²) in [6.45, 7) is 2.98. The van der Waals surface area contributed by atoms with Crippen LogP contribution in [0.2, 0.25) is 5.02 Å². The van der Waals surface area contributed by atoms with Crippen molar-refractivity contribution in [3.8, 4) is 10.4 Å². The van der Waals surface area contributed by atoms with Crippen molar-refractivity contribution >= 4 is 39.7 Å². The lowest BCUT2D eigenvalue weighted by Gasteiger charge is -2.26. The fraction of sp³-hybridized carbons (Fsp3) is 0.200. The number of primary amides is 1. The van der Waals surface area contributed by atoms with Crippen molar-refractivity contribution in [2.45, 2.75) is 25.6 Å². The first-order valence-electron chi connectivity index (χ1n) is 8.53. The number of aliphatic hydroxyl groups is 2. The molecule has 0 spiro atoms. The van der Waals surface area contributed by atoms with Gasteiger partial charge in [0.2, 0.25) is 0 Å². The molecule has 146 valence electrons. The van der Waals surface area contributed by atoms with Gasteiger partial charge in [-0.25, -0.2) is 4.98 Å². The molecule has 2 aromatic heterocycles. The molecule has 0 radical (unpaired) electrons. The molecular formula is C20H20ClN3O3S. The molecule has 0 aliphatic carbocycles. The second-order valence-electron chi connectivity index (χ2n) is 6.58. The maximum atomic E-state index is 11.9. The standard InChI is InChI=1S/C20H20ClN3O3S/c1-11(25)20(2,27)16-4-3-5-17(23-16)24-19-14(18(22)26)10-15(28-19)12-6-8-13(21)9-7-12/h3-11,25,27H,1-2H3,(H2,22,26)(H,23,24)/t11-,20+/m0/s1. The lowest BCUT2D eigenvalue weighted by molar-refractivity contribution is -0.0599. The summed E-state index contributed by atoms with van der Waals surface area (Å²) in [5, 5.41) is 24.5. The Morgan fingerprint density at radius 3 is 2.57 bits per heavy atom. The van der Waals surface area contributed by atoms with Gasteiger partial charge in [-0.2, -0.15) is 0 Å². The Kier molecular flexibility index (Phi) is 5.71. The number of rotatable bonds is 6. The summed E-state index contributed by atoms with van der Waals surface area (Å²) in [4.78, 5) is 17.1.